The number of aliphatic carboxylic acids is 2. The molecule has 4 aromatic rings. The first kappa shape index (κ1) is 35.9. The zero-order valence-electron chi connectivity index (χ0n) is 26.6. The van der Waals surface area contributed by atoms with Gasteiger partial charge in [-0.1, -0.05) is 11.2 Å². The van der Waals surface area contributed by atoms with Crippen LogP contribution in [-0.4, -0.2) is 113 Å². The summed E-state index contributed by atoms with van der Waals surface area (Å²) in [6, 6.07) is 3.56. The van der Waals surface area contributed by atoms with E-state index in [0.717, 1.165) is 47.1 Å². The van der Waals surface area contributed by atoms with E-state index in [0.29, 0.717) is 16.3 Å². The number of hydrogen-bond acceptors (Lipinski definition) is 17. The highest BCUT2D eigenvalue weighted by Gasteiger charge is 2.54. The van der Waals surface area contributed by atoms with E-state index in [1.165, 1.54) is 27.7 Å². The van der Waals surface area contributed by atoms with E-state index in [2.05, 4.69) is 30.5 Å². The van der Waals surface area contributed by atoms with Gasteiger partial charge in [0.15, 0.2) is 22.3 Å². The number of nitrogens with one attached hydrogen (secondary N) is 1. The quantitative estimate of drug-likeness (QED) is 0.0262. The molecule has 0 saturated carbocycles. The average molecular weight is 772 g/mol. The van der Waals surface area contributed by atoms with Crippen LogP contribution in [0, 0.1) is 6.92 Å². The number of nitrogens with zero attached hydrogens (tertiary/aromatic N) is 7. The van der Waals surface area contributed by atoms with Gasteiger partial charge < -0.3 is 41.4 Å². The Bertz CT molecular complexity index is 2250. The minimum atomic E-state index is -2.29. The van der Waals surface area contributed by atoms with Crippen LogP contribution in [0.5, 0.6) is 11.5 Å². The number of aromatic nitrogens is 5. The van der Waals surface area contributed by atoms with Crippen molar-refractivity contribution in [1.82, 2.24) is 34.8 Å². The van der Waals surface area contributed by atoms with Crippen molar-refractivity contribution in [2.75, 3.05) is 17.2 Å². The number of phenols is 2. The highest BCUT2D eigenvalue weighted by Crippen LogP contribution is 2.42. The summed E-state index contributed by atoms with van der Waals surface area (Å²) in [6.07, 6.45) is 0. The molecule has 6 rings (SSSR count). The van der Waals surface area contributed by atoms with Crippen LogP contribution in [-0.2, 0) is 29.6 Å². The predicted molar refractivity (Wildman–Crippen MR) is 182 cm³/mol. The number of carboxylic acid groups (broad SMARTS) is 3. The van der Waals surface area contributed by atoms with Gasteiger partial charge in [-0.15, -0.1) is 40.0 Å². The topological polar surface area (TPSA) is 305 Å². The number of phenolic OH excluding ortho intramolecular Hbond substituents is 2. The fourth-order valence-electron chi connectivity index (χ4n) is 5.09. The second-order valence-electron chi connectivity index (χ2n) is 11.2. The number of nitrogens with two attached hydrogens (primary N) is 1. The Balaban J connectivity index is 1.23. The van der Waals surface area contributed by atoms with Gasteiger partial charge in [0, 0.05) is 28.1 Å². The standard InChI is InChI=1S/C29H25N9O11S3/c1-10-5-16(38-28(31-10)34-20(35-38)25(45)46)50-7-11-8-51-23-18(22(42)37(23)19(11)24(43)44)33-21(41)17(13-9-52-27(30)32-13)36-49-29(2,26(47)48)12-3-4-14(39)15(40)6-12/h3-6,9,18,23,39-40H,7-8H2,1-2H3,(H2,30,32)(H,33,41)(H,43,44)(H,45,46)(H,47,48)/t18-,23-,29?/m1/s1. The molecule has 8 N–H and O–H groups in total. The number of benzene rings is 1. The molecule has 5 heterocycles. The van der Waals surface area contributed by atoms with Gasteiger partial charge in [-0.2, -0.15) is 9.50 Å². The summed E-state index contributed by atoms with van der Waals surface area (Å²) < 4.78 is 1.23. The van der Waals surface area contributed by atoms with Gasteiger partial charge in [0.1, 0.15) is 27.8 Å². The van der Waals surface area contributed by atoms with E-state index in [-0.39, 0.29) is 39.4 Å². The molecule has 2 amide bonds. The first-order valence-electron chi connectivity index (χ1n) is 14.6. The Morgan fingerprint density at radius 2 is 1.87 bits per heavy atom. The summed E-state index contributed by atoms with van der Waals surface area (Å²) in [7, 11) is 0. The van der Waals surface area contributed by atoms with Crippen LogP contribution < -0.4 is 11.1 Å². The van der Waals surface area contributed by atoms with Crippen LogP contribution in [0.4, 0.5) is 5.13 Å². The number of aromatic hydroxyl groups is 2. The van der Waals surface area contributed by atoms with Crippen molar-refractivity contribution >= 4 is 81.2 Å². The molecule has 1 unspecified atom stereocenters. The number of hydrogen-bond donors (Lipinski definition) is 7. The van der Waals surface area contributed by atoms with Crippen molar-refractivity contribution in [3.8, 4) is 11.5 Å². The van der Waals surface area contributed by atoms with Gasteiger partial charge in [-0.25, -0.2) is 24.4 Å². The number of amides is 2. The lowest BCUT2D eigenvalue weighted by Crippen LogP contribution is -2.71. The molecule has 1 fully saturated rings. The number of rotatable bonds is 12. The highest BCUT2D eigenvalue weighted by atomic mass is 32.2. The van der Waals surface area contributed by atoms with E-state index in [1.54, 1.807) is 13.0 Å². The molecule has 3 atom stereocenters. The number of anilines is 1. The molecular formula is C29H25N9O11S3. The van der Waals surface area contributed by atoms with Gasteiger partial charge in [-0.05, 0) is 37.6 Å². The van der Waals surface area contributed by atoms with Crippen molar-refractivity contribution in [2.24, 2.45) is 5.16 Å². The Morgan fingerprint density at radius 1 is 1.12 bits per heavy atom. The number of carbonyl (C=O) groups excluding carboxylic acids is 2. The van der Waals surface area contributed by atoms with Crippen molar-refractivity contribution in [3.05, 3.63) is 63.7 Å². The van der Waals surface area contributed by atoms with Crippen LogP contribution in [0.2, 0.25) is 0 Å². The minimum Gasteiger partial charge on any atom is -0.504 e. The monoisotopic (exact) mass is 771 g/mol. The maximum Gasteiger partial charge on any atom is 0.375 e. The molecule has 2 aliphatic rings. The maximum absolute atomic E-state index is 13.6. The fraction of sp³-hybridized carbons (Fsp3) is 0.241. The van der Waals surface area contributed by atoms with Crippen molar-refractivity contribution in [3.63, 3.8) is 0 Å². The number of carbonyl (C=O) groups is 5. The van der Waals surface area contributed by atoms with Crippen molar-refractivity contribution < 1.29 is 54.3 Å². The molecule has 20 nitrogen and oxygen atoms in total. The summed E-state index contributed by atoms with van der Waals surface area (Å²) >= 11 is 3.26. The van der Waals surface area contributed by atoms with Gasteiger partial charge >= 0.3 is 17.9 Å². The molecular weight excluding hydrogens is 747 g/mol. The molecule has 1 aromatic carbocycles. The van der Waals surface area contributed by atoms with Gasteiger partial charge in [0.25, 0.3) is 29.0 Å². The summed E-state index contributed by atoms with van der Waals surface area (Å²) in [5, 5.41) is 60.3. The number of nitrogen functional groups attached to an aromatic ring is 1. The Kier molecular flexibility index (Phi) is 9.41. The Morgan fingerprint density at radius 3 is 2.50 bits per heavy atom. The number of aryl methyl sites for hydroxylation is 1. The van der Waals surface area contributed by atoms with Gasteiger partial charge in [0.2, 0.25) is 0 Å². The number of fused-ring (bicyclic) bond motifs is 2. The second kappa shape index (κ2) is 13.6. The first-order chi connectivity index (χ1) is 24.6. The van der Waals surface area contributed by atoms with Crippen LogP contribution in [0.1, 0.15) is 34.5 Å². The maximum atomic E-state index is 13.6. The lowest BCUT2D eigenvalue weighted by molar-refractivity contribution is -0.165. The lowest BCUT2D eigenvalue weighted by Gasteiger charge is -2.49. The second-order valence-corrected chi connectivity index (χ2v) is 14.2. The van der Waals surface area contributed by atoms with E-state index in [9.17, 15) is 49.5 Å². The number of oxime groups is 1. The third kappa shape index (κ3) is 6.51. The molecule has 0 spiro atoms. The molecule has 3 aromatic heterocycles. The third-order valence-electron chi connectivity index (χ3n) is 7.76. The highest BCUT2D eigenvalue weighted by molar-refractivity contribution is 8.01. The van der Waals surface area contributed by atoms with E-state index in [1.807, 2.05) is 0 Å². The third-order valence-corrected chi connectivity index (χ3v) is 10.9. The smallest absolute Gasteiger partial charge is 0.375 e. The molecule has 1 saturated heterocycles. The van der Waals surface area contributed by atoms with Crippen LogP contribution in [0.3, 0.4) is 0 Å². The number of thioether (sulfide) groups is 2. The molecule has 23 heteroatoms. The normalized spacial score (nSPS) is 18.4. The predicted octanol–water partition coefficient (Wildman–Crippen LogP) is 0.832. The minimum absolute atomic E-state index is 0.0316. The number of β-lactam (4-membered cyclic amide) rings is 1. The van der Waals surface area contributed by atoms with Crippen LogP contribution in [0.25, 0.3) is 5.78 Å². The summed E-state index contributed by atoms with van der Waals surface area (Å²) in [5.74, 6) is -7.42. The summed E-state index contributed by atoms with van der Waals surface area (Å²) in [6.45, 7) is 2.77. The molecule has 270 valence electrons. The molecule has 2 aliphatic heterocycles. The molecule has 0 radical (unpaired) electrons. The fourth-order valence-corrected chi connectivity index (χ4v) is 8.17. The molecule has 52 heavy (non-hydrogen) atoms. The Hall–Kier alpha value is -5.94. The van der Waals surface area contributed by atoms with Crippen LogP contribution in [0.15, 0.2) is 51.1 Å². The zero-order chi connectivity index (χ0) is 37.6. The van der Waals surface area contributed by atoms with E-state index >= 15 is 0 Å². The largest absolute Gasteiger partial charge is 0.504 e. The van der Waals surface area contributed by atoms with Gasteiger partial charge in [0.05, 0.1) is 0 Å². The Labute approximate surface area is 303 Å². The number of carboxylic acids is 3. The summed E-state index contributed by atoms with van der Waals surface area (Å²) in [4.78, 5) is 81.8. The van der Waals surface area contributed by atoms with Crippen molar-refractivity contribution in [1.29, 1.82) is 0 Å². The number of thiazole rings is 1. The van der Waals surface area contributed by atoms with E-state index < -0.39 is 69.8 Å². The molecule has 0 aliphatic carbocycles. The average Bonchev–Trinajstić information content (AvgIpc) is 3.73. The number of aromatic carboxylic acids is 1. The lowest BCUT2D eigenvalue weighted by atomic mass is 9.96. The first-order valence-corrected chi connectivity index (χ1v) is 17.5. The van der Waals surface area contributed by atoms with Crippen molar-refractivity contribution in [2.45, 2.75) is 35.9 Å². The summed E-state index contributed by atoms with van der Waals surface area (Å²) in [5.41, 5.74) is 3.26. The SMILES string of the molecule is Cc1cc(SCC2=C(C(=O)O)N3C(=O)[C@@H](NC(=O)C(=NOC(C)(C(=O)O)c4ccc(O)c(O)c4)c4csc(N)n4)[C@H]3SC2)n2nc(C(=O)O)nc2n1. The zero-order valence-corrected chi connectivity index (χ0v) is 29.0. The van der Waals surface area contributed by atoms with Gasteiger partial charge in [-0.3, -0.25) is 14.5 Å². The van der Waals surface area contributed by atoms with Crippen LogP contribution >= 0.6 is 34.9 Å². The molecule has 0 bridgehead atoms. The van der Waals surface area contributed by atoms with E-state index in [4.69, 9.17) is 10.6 Å².